The highest BCUT2D eigenvalue weighted by molar-refractivity contribution is 6.31. The summed E-state index contributed by atoms with van der Waals surface area (Å²) in [5.41, 5.74) is 1.17. The molecular weight excluding hydrogens is 184 g/mol. The Morgan fingerprint density at radius 1 is 1.38 bits per heavy atom. The summed E-state index contributed by atoms with van der Waals surface area (Å²) in [6.07, 6.45) is 2.57. The molecule has 1 rings (SSSR count). The van der Waals surface area contributed by atoms with Crippen LogP contribution in [0.1, 0.15) is 25.3 Å². The van der Waals surface area contributed by atoms with Gasteiger partial charge in [0.1, 0.15) is 0 Å². The molecule has 0 saturated carbocycles. The minimum absolute atomic E-state index is 0.206. The Kier molecular flexibility index (Phi) is 4.26. The summed E-state index contributed by atoms with van der Waals surface area (Å²) in [6, 6.07) is 7.85. The zero-order valence-corrected chi connectivity index (χ0v) is 8.59. The first-order chi connectivity index (χ1) is 6.20. The van der Waals surface area contributed by atoms with Crippen molar-refractivity contribution in [3.8, 4) is 0 Å². The van der Waals surface area contributed by atoms with E-state index in [0.717, 1.165) is 24.3 Å². The third kappa shape index (κ3) is 3.79. The summed E-state index contributed by atoms with van der Waals surface area (Å²) in [7, 11) is 0. The van der Waals surface area contributed by atoms with Gasteiger partial charge in [-0.2, -0.15) is 0 Å². The Balaban J connectivity index is 2.41. The Bertz CT molecular complexity index is 258. The van der Waals surface area contributed by atoms with Crippen molar-refractivity contribution < 1.29 is 5.11 Å². The highest BCUT2D eigenvalue weighted by Gasteiger charge is 2.00. The first kappa shape index (κ1) is 10.6. The molecule has 1 aromatic carbocycles. The summed E-state index contributed by atoms with van der Waals surface area (Å²) in [6.45, 7) is 1.81. The van der Waals surface area contributed by atoms with Crippen LogP contribution in [0.5, 0.6) is 0 Å². The van der Waals surface area contributed by atoms with Gasteiger partial charge in [-0.3, -0.25) is 0 Å². The molecule has 0 heterocycles. The largest absolute Gasteiger partial charge is 0.393 e. The predicted octanol–water partition coefficient (Wildman–Crippen LogP) is 3.04. The van der Waals surface area contributed by atoms with Crippen molar-refractivity contribution in [2.24, 2.45) is 0 Å². The van der Waals surface area contributed by atoms with E-state index in [1.165, 1.54) is 5.56 Å². The van der Waals surface area contributed by atoms with Crippen LogP contribution in [0.25, 0.3) is 0 Å². The minimum Gasteiger partial charge on any atom is -0.393 e. The number of hydrogen-bond donors (Lipinski definition) is 1. The molecule has 72 valence electrons. The van der Waals surface area contributed by atoms with E-state index in [4.69, 9.17) is 16.7 Å². The maximum absolute atomic E-state index is 9.07. The first-order valence-electron chi connectivity index (χ1n) is 4.61. The van der Waals surface area contributed by atoms with Crippen LogP contribution in [0, 0.1) is 0 Å². The normalized spacial score (nSPS) is 12.8. The average molecular weight is 199 g/mol. The van der Waals surface area contributed by atoms with Crippen LogP contribution in [-0.2, 0) is 6.42 Å². The van der Waals surface area contributed by atoms with Crippen molar-refractivity contribution in [3.63, 3.8) is 0 Å². The fourth-order valence-electron chi connectivity index (χ4n) is 1.29. The van der Waals surface area contributed by atoms with Crippen molar-refractivity contribution in [1.29, 1.82) is 0 Å². The molecule has 1 atom stereocenters. The molecule has 0 radical (unpaired) electrons. The van der Waals surface area contributed by atoms with Crippen molar-refractivity contribution in [1.82, 2.24) is 0 Å². The molecule has 0 aromatic heterocycles. The standard InChI is InChI=1S/C11H15ClO/c1-9(13)5-4-7-10-6-2-3-8-11(10)12/h2-3,6,8-9,13H,4-5,7H2,1H3. The lowest BCUT2D eigenvalue weighted by Gasteiger charge is -2.05. The van der Waals surface area contributed by atoms with E-state index >= 15 is 0 Å². The van der Waals surface area contributed by atoms with Gasteiger partial charge in [0.05, 0.1) is 6.10 Å². The molecule has 1 unspecified atom stereocenters. The van der Waals surface area contributed by atoms with Crippen LogP contribution in [0.15, 0.2) is 24.3 Å². The summed E-state index contributed by atoms with van der Waals surface area (Å²) in [4.78, 5) is 0. The number of aryl methyl sites for hydroxylation is 1. The second kappa shape index (κ2) is 5.25. The highest BCUT2D eigenvalue weighted by Crippen LogP contribution is 2.17. The van der Waals surface area contributed by atoms with Gasteiger partial charge in [0.15, 0.2) is 0 Å². The average Bonchev–Trinajstić information content (AvgIpc) is 2.08. The Labute approximate surface area is 84.4 Å². The van der Waals surface area contributed by atoms with Gasteiger partial charge in [-0.1, -0.05) is 29.8 Å². The molecule has 1 N–H and O–H groups in total. The summed E-state index contributed by atoms with van der Waals surface area (Å²) in [5, 5.41) is 9.89. The first-order valence-corrected chi connectivity index (χ1v) is 4.99. The van der Waals surface area contributed by atoms with E-state index in [1.807, 2.05) is 31.2 Å². The van der Waals surface area contributed by atoms with Crippen molar-refractivity contribution in [3.05, 3.63) is 34.9 Å². The van der Waals surface area contributed by atoms with Gasteiger partial charge in [-0.25, -0.2) is 0 Å². The number of benzene rings is 1. The monoisotopic (exact) mass is 198 g/mol. The predicted molar refractivity (Wildman–Crippen MR) is 56.1 cm³/mol. The van der Waals surface area contributed by atoms with Crippen molar-refractivity contribution in [2.75, 3.05) is 0 Å². The van der Waals surface area contributed by atoms with Crippen molar-refractivity contribution >= 4 is 11.6 Å². The van der Waals surface area contributed by atoms with E-state index < -0.39 is 0 Å². The number of rotatable bonds is 4. The maximum atomic E-state index is 9.07. The van der Waals surface area contributed by atoms with Gasteiger partial charge >= 0.3 is 0 Å². The third-order valence-electron chi connectivity index (χ3n) is 2.03. The van der Waals surface area contributed by atoms with E-state index in [0.29, 0.717) is 0 Å². The van der Waals surface area contributed by atoms with Crippen LogP contribution in [0.2, 0.25) is 5.02 Å². The highest BCUT2D eigenvalue weighted by atomic mass is 35.5. The number of aliphatic hydroxyl groups is 1. The van der Waals surface area contributed by atoms with Gasteiger partial charge in [-0.15, -0.1) is 0 Å². The molecule has 2 heteroatoms. The maximum Gasteiger partial charge on any atom is 0.0512 e. The molecule has 0 fully saturated rings. The Morgan fingerprint density at radius 3 is 2.69 bits per heavy atom. The second-order valence-electron chi connectivity index (χ2n) is 3.33. The SMILES string of the molecule is CC(O)CCCc1ccccc1Cl. The van der Waals surface area contributed by atoms with Gasteiger partial charge in [0.2, 0.25) is 0 Å². The summed E-state index contributed by atoms with van der Waals surface area (Å²) in [5.74, 6) is 0. The molecule has 1 aromatic rings. The lowest BCUT2D eigenvalue weighted by Crippen LogP contribution is -1.99. The second-order valence-corrected chi connectivity index (χ2v) is 3.74. The minimum atomic E-state index is -0.206. The number of halogens is 1. The van der Waals surface area contributed by atoms with Crippen LogP contribution >= 0.6 is 11.6 Å². The van der Waals surface area contributed by atoms with Crippen LogP contribution in [0.3, 0.4) is 0 Å². The summed E-state index contributed by atoms with van der Waals surface area (Å²) >= 11 is 5.98. The van der Waals surface area contributed by atoms with Gasteiger partial charge in [0, 0.05) is 5.02 Å². The van der Waals surface area contributed by atoms with E-state index in [2.05, 4.69) is 0 Å². The zero-order valence-electron chi connectivity index (χ0n) is 7.83. The lowest BCUT2D eigenvalue weighted by atomic mass is 10.1. The molecule has 0 spiro atoms. The van der Waals surface area contributed by atoms with Gasteiger partial charge in [0.25, 0.3) is 0 Å². The molecule has 0 saturated heterocycles. The fourth-order valence-corrected chi connectivity index (χ4v) is 1.52. The molecule has 0 aliphatic rings. The van der Waals surface area contributed by atoms with Gasteiger partial charge in [-0.05, 0) is 37.8 Å². The topological polar surface area (TPSA) is 20.2 Å². The zero-order chi connectivity index (χ0) is 9.68. The van der Waals surface area contributed by atoms with E-state index in [-0.39, 0.29) is 6.10 Å². The van der Waals surface area contributed by atoms with Crippen LogP contribution in [-0.4, -0.2) is 11.2 Å². The van der Waals surface area contributed by atoms with Crippen LogP contribution < -0.4 is 0 Å². The Hall–Kier alpha value is -0.530. The molecule has 0 aliphatic heterocycles. The smallest absolute Gasteiger partial charge is 0.0512 e. The van der Waals surface area contributed by atoms with Crippen LogP contribution in [0.4, 0.5) is 0 Å². The summed E-state index contributed by atoms with van der Waals surface area (Å²) < 4.78 is 0. The quantitative estimate of drug-likeness (QED) is 0.789. The van der Waals surface area contributed by atoms with Crippen molar-refractivity contribution in [2.45, 2.75) is 32.3 Å². The molecule has 0 aliphatic carbocycles. The lowest BCUT2D eigenvalue weighted by molar-refractivity contribution is 0.182. The fraction of sp³-hybridized carbons (Fsp3) is 0.455. The molecule has 1 nitrogen and oxygen atoms in total. The number of aliphatic hydroxyl groups excluding tert-OH is 1. The molecule has 0 bridgehead atoms. The number of hydrogen-bond acceptors (Lipinski definition) is 1. The van der Waals surface area contributed by atoms with Gasteiger partial charge < -0.3 is 5.11 Å². The molecule has 0 amide bonds. The van der Waals surface area contributed by atoms with E-state index in [1.54, 1.807) is 0 Å². The molecule has 13 heavy (non-hydrogen) atoms. The molecular formula is C11H15ClO. The third-order valence-corrected chi connectivity index (χ3v) is 2.39. The van der Waals surface area contributed by atoms with E-state index in [9.17, 15) is 0 Å². The Morgan fingerprint density at radius 2 is 2.08 bits per heavy atom.